The Morgan fingerprint density at radius 2 is 1.94 bits per heavy atom. The molecule has 1 amide bonds. The van der Waals surface area contributed by atoms with Gasteiger partial charge >= 0.3 is 5.97 Å². The van der Waals surface area contributed by atoms with Gasteiger partial charge in [0.1, 0.15) is 12.2 Å². The average Bonchev–Trinajstić information content (AvgIpc) is 3.20. The maximum absolute atomic E-state index is 12.5. The zero-order valence-electron chi connectivity index (χ0n) is 16.5. The van der Waals surface area contributed by atoms with Crippen molar-refractivity contribution in [2.24, 2.45) is 0 Å². The molecule has 10 nitrogen and oxygen atoms in total. The van der Waals surface area contributed by atoms with Crippen LogP contribution >= 0.6 is 11.6 Å². The first kappa shape index (κ1) is 22.4. The molecule has 3 aromatic rings. The predicted octanol–water partition coefficient (Wildman–Crippen LogP) is 1.95. The highest BCUT2D eigenvalue weighted by atomic mass is 35.5. The molecule has 0 aliphatic rings. The Hall–Kier alpha value is -3.31. The first-order valence-corrected chi connectivity index (χ1v) is 11.2. The van der Waals surface area contributed by atoms with Crippen LogP contribution in [0.2, 0.25) is 5.02 Å². The van der Waals surface area contributed by atoms with Crippen LogP contribution < -0.4 is 5.32 Å². The number of benzene rings is 1. The van der Waals surface area contributed by atoms with E-state index in [0.29, 0.717) is 11.6 Å². The van der Waals surface area contributed by atoms with E-state index in [1.54, 1.807) is 0 Å². The second-order valence-electron chi connectivity index (χ2n) is 6.80. The lowest BCUT2D eigenvalue weighted by molar-refractivity contribution is 0.0696. The van der Waals surface area contributed by atoms with E-state index in [2.05, 4.69) is 20.4 Å². The lowest BCUT2D eigenvalue weighted by Crippen LogP contribution is -2.28. The molecule has 3 rings (SSSR count). The monoisotopic (exact) mass is 463 g/mol. The molecule has 2 N–H and O–H groups in total. The zero-order valence-corrected chi connectivity index (χ0v) is 18.1. The quantitative estimate of drug-likeness (QED) is 0.540. The van der Waals surface area contributed by atoms with Crippen molar-refractivity contribution in [3.8, 4) is 5.82 Å². The van der Waals surface area contributed by atoms with Gasteiger partial charge in [-0.15, -0.1) is 0 Å². The van der Waals surface area contributed by atoms with Gasteiger partial charge in [-0.1, -0.05) is 18.5 Å². The minimum Gasteiger partial charge on any atom is -0.478 e. The van der Waals surface area contributed by atoms with Crippen molar-refractivity contribution in [1.82, 2.24) is 25.1 Å². The van der Waals surface area contributed by atoms with Crippen LogP contribution in [-0.4, -0.2) is 57.9 Å². The molecule has 2 aromatic heterocycles. The average molecular weight is 464 g/mol. The molecule has 0 saturated heterocycles. The van der Waals surface area contributed by atoms with Crippen molar-refractivity contribution in [3.63, 3.8) is 0 Å². The molecule has 31 heavy (non-hydrogen) atoms. The highest BCUT2D eigenvalue weighted by Gasteiger charge is 2.18. The van der Waals surface area contributed by atoms with Gasteiger partial charge in [-0.2, -0.15) is 9.78 Å². The third-order valence-electron chi connectivity index (χ3n) is 4.36. The van der Waals surface area contributed by atoms with Crippen molar-refractivity contribution >= 4 is 33.3 Å². The number of carboxylic acids is 1. The highest BCUT2D eigenvalue weighted by Crippen LogP contribution is 2.20. The summed E-state index contributed by atoms with van der Waals surface area (Å²) in [4.78, 5) is 31.8. The van der Waals surface area contributed by atoms with Crippen LogP contribution in [0.1, 0.15) is 39.4 Å². The summed E-state index contributed by atoms with van der Waals surface area (Å²) in [6, 6.07) is 6.83. The van der Waals surface area contributed by atoms with E-state index in [4.69, 9.17) is 16.7 Å². The summed E-state index contributed by atoms with van der Waals surface area (Å²) < 4.78 is 25.0. The van der Waals surface area contributed by atoms with Crippen molar-refractivity contribution in [1.29, 1.82) is 0 Å². The van der Waals surface area contributed by atoms with E-state index in [1.165, 1.54) is 47.5 Å². The lowest BCUT2D eigenvalue weighted by atomic mass is 10.1. The molecule has 1 atom stereocenters. The van der Waals surface area contributed by atoms with E-state index in [0.717, 1.165) is 6.26 Å². The fourth-order valence-electron chi connectivity index (χ4n) is 2.75. The summed E-state index contributed by atoms with van der Waals surface area (Å²) in [6.07, 6.45) is 3.58. The molecule has 1 unspecified atom stereocenters. The van der Waals surface area contributed by atoms with Crippen molar-refractivity contribution in [2.45, 2.75) is 17.7 Å². The summed E-state index contributed by atoms with van der Waals surface area (Å²) in [5.41, 5.74) is 0.160. The second kappa shape index (κ2) is 8.82. The van der Waals surface area contributed by atoms with Gasteiger partial charge in [0.15, 0.2) is 15.7 Å². The smallest absolute Gasteiger partial charge is 0.337 e. The van der Waals surface area contributed by atoms with Gasteiger partial charge in [0.25, 0.3) is 5.91 Å². The Kier molecular flexibility index (Phi) is 6.37. The maximum Gasteiger partial charge on any atom is 0.337 e. The first-order chi connectivity index (χ1) is 14.6. The summed E-state index contributed by atoms with van der Waals surface area (Å²) in [7, 11) is -3.52. The molecular formula is C19H18ClN5O5S. The van der Waals surface area contributed by atoms with Gasteiger partial charge in [0, 0.05) is 35.5 Å². The lowest BCUT2D eigenvalue weighted by Gasteiger charge is -2.14. The summed E-state index contributed by atoms with van der Waals surface area (Å²) >= 11 is 5.95. The zero-order chi connectivity index (χ0) is 22.8. The van der Waals surface area contributed by atoms with Gasteiger partial charge in [0.05, 0.1) is 10.5 Å². The number of carboxylic acid groups (broad SMARTS) is 1. The predicted molar refractivity (Wildman–Crippen MR) is 111 cm³/mol. The van der Waals surface area contributed by atoms with Crippen molar-refractivity contribution in [3.05, 3.63) is 64.8 Å². The van der Waals surface area contributed by atoms with Crippen LogP contribution in [0.3, 0.4) is 0 Å². The molecule has 0 aliphatic heterocycles. The molecular weight excluding hydrogens is 446 g/mol. The second-order valence-corrected chi connectivity index (χ2v) is 9.25. The van der Waals surface area contributed by atoms with Crippen LogP contribution in [0.15, 0.2) is 47.8 Å². The SMILES string of the molecule is CC(CNC(=O)c1cc(Cl)cc(S(C)(=O)=O)c1)c1ncnn1-c1ccc(C(=O)O)cn1. The normalized spacial score (nSPS) is 12.4. The molecule has 0 bridgehead atoms. The molecule has 162 valence electrons. The molecule has 0 aliphatic carbocycles. The number of carbonyl (C=O) groups is 2. The molecule has 0 fully saturated rings. The number of nitrogens with one attached hydrogen (secondary N) is 1. The number of pyridine rings is 1. The molecule has 0 spiro atoms. The number of aromatic carboxylic acids is 1. The first-order valence-electron chi connectivity index (χ1n) is 8.94. The number of nitrogens with zero attached hydrogens (tertiary/aromatic N) is 4. The number of amides is 1. The van der Waals surface area contributed by atoms with Crippen LogP contribution in [0.4, 0.5) is 0 Å². The van der Waals surface area contributed by atoms with E-state index in [9.17, 15) is 18.0 Å². The topological polar surface area (TPSA) is 144 Å². The molecule has 1 aromatic carbocycles. The molecule has 12 heteroatoms. The van der Waals surface area contributed by atoms with E-state index >= 15 is 0 Å². The maximum atomic E-state index is 12.5. The Morgan fingerprint density at radius 1 is 1.19 bits per heavy atom. The van der Waals surface area contributed by atoms with Gasteiger partial charge in [-0.05, 0) is 30.3 Å². The van der Waals surface area contributed by atoms with E-state index < -0.39 is 21.7 Å². The summed E-state index contributed by atoms with van der Waals surface area (Å²) in [5, 5.41) is 16.0. The van der Waals surface area contributed by atoms with Crippen LogP contribution in [0.5, 0.6) is 0 Å². The summed E-state index contributed by atoms with van der Waals surface area (Å²) in [5.74, 6) is -0.994. The molecule has 2 heterocycles. The summed E-state index contributed by atoms with van der Waals surface area (Å²) in [6.45, 7) is 1.98. The third-order valence-corrected chi connectivity index (χ3v) is 5.67. The Balaban J connectivity index is 1.74. The minimum absolute atomic E-state index is 0.0423. The number of hydrogen-bond donors (Lipinski definition) is 2. The van der Waals surface area contributed by atoms with Gasteiger partial charge in [0.2, 0.25) is 0 Å². The Bertz CT molecular complexity index is 1240. The third kappa shape index (κ3) is 5.25. The molecule has 0 saturated carbocycles. The van der Waals surface area contributed by atoms with Gasteiger partial charge in [-0.25, -0.2) is 23.2 Å². The van der Waals surface area contributed by atoms with Gasteiger partial charge in [-0.3, -0.25) is 4.79 Å². The number of rotatable bonds is 7. The van der Waals surface area contributed by atoms with Crippen LogP contribution in [0, 0.1) is 0 Å². The van der Waals surface area contributed by atoms with Gasteiger partial charge < -0.3 is 10.4 Å². The van der Waals surface area contributed by atoms with E-state index in [-0.39, 0.29) is 33.5 Å². The minimum atomic E-state index is -3.52. The molecule has 0 radical (unpaired) electrons. The number of carbonyl (C=O) groups excluding carboxylic acids is 1. The Morgan fingerprint density at radius 3 is 2.55 bits per heavy atom. The Labute approximate surface area is 182 Å². The van der Waals surface area contributed by atoms with Crippen LogP contribution in [-0.2, 0) is 9.84 Å². The fraction of sp³-hybridized carbons (Fsp3) is 0.211. The van der Waals surface area contributed by atoms with Crippen molar-refractivity contribution in [2.75, 3.05) is 12.8 Å². The van der Waals surface area contributed by atoms with Crippen LogP contribution in [0.25, 0.3) is 5.82 Å². The largest absolute Gasteiger partial charge is 0.478 e. The number of halogens is 1. The number of sulfone groups is 1. The number of hydrogen-bond acceptors (Lipinski definition) is 7. The number of aromatic nitrogens is 4. The standard InChI is InChI=1S/C19H18ClN5O5S/c1-11(8-22-18(26)13-5-14(20)7-15(6-13)31(2,29)30)17-23-10-24-25(17)16-4-3-12(9-21-16)19(27)28/h3-7,9-11H,8H2,1-2H3,(H,22,26)(H,27,28). The van der Waals surface area contributed by atoms with Crippen molar-refractivity contribution < 1.29 is 23.1 Å². The fourth-order valence-corrected chi connectivity index (χ4v) is 3.73. The van der Waals surface area contributed by atoms with E-state index in [1.807, 2.05) is 6.92 Å². The highest BCUT2D eigenvalue weighted by molar-refractivity contribution is 7.90.